The lowest BCUT2D eigenvalue weighted by molar-refractivity contribution is -0.199. The average Bonchev–Trinajstić information content (AvgIpc) is 1.64. The lowest BCUT2D eigenvalue weighted by atomic mass is 10.2. The van der Waals surface area contributed by atoms with E-state index in [4.69, 9.17) is 32.3 Å². The smallest absolute Gasteiger partial charge is 0.335 e. The Morgan fingerprint density at radius 1 is 0.724 bits per heavy atom. The Kier molecular flexibility index (Phi) is 69.4. The maximum atomic E-state index is 11.5. The van der Waals surface area contributed by atoms with Crippen LogP contribution in [0.25, 0.3) is 0 Å². The van der Waals surface area contributed by atoms with E-state index >= 15 is 0 Å². The van der Waals surface area contributed by atoms with Gasteiger partial charge >= 0.3 is 5.97 Å². The highest BCUT2D eigenvalue weighted by atomic mass is 35.5. The van der Waals surface area contributed by atoms with Crippen LogP contribution in [-0.2, 0) is 92.3 Å². The van der Waals surface area contributed by atoms with E-state index in [0.29, 0.717) is 35.9 Å². The molecule has 116 heavy (non-hydrogen) atoms. The molecule has 3 aliphatic rings. The molecule has 8 N–H and O–H groups in total. The van der Waals surface area contributed by atoms with Gasteiger partial charge in [-0.25, -0.2) is 46.8 Å². The van der Waals surface area contributed by atoms with Crippen LogP contribution >= 0.6 is 26.5 Å². The number of hydrogen-bond donors (Lipinski definition) is 8. The zero-order chi connectivity index (χ0) is 92.3. The first kappa shape index (κ1) is 121. The van der Waals surface area contributed by atoms with Crippen molar-refractivity contribution in [3.05, 3.63) is 121 Å². The number of terminal acetylenes is 1. The van der Waals surface area contributed by atoms with Gasteiger partial charge in [0.15, 0.2) is 0 Å². The second kappa shape index (κ2) is 66.6. The van der Waals surface area contributed by atoms with E-state index in [-0.39, 0.29) is 125 Å². The third-order valence-corrected chi connectivity index (χ3v) is 18.4. The number of hydroxylamine groups is 4. The Balaban J connectivity index is -0.000000225. The van der Waals surface area contributed by atoms with Gasteiger partial charge in [0.25, 0.3) is 48.9 Å². The van der Waals surface area contributed by atoms with Gasteiger partial charge in [-0.2, -0.15) is 15.0 Å². The first-order valence-electron chi connectivity index (χ1n) is 37.1. The fourth-order valence-corrected chi connectivity index (χ4v) is 9.86. The second-order valence-corrected chi connectivity index (χ2v) is 35.8. The average molecular weight is 1730 g/mol. The van der Waals surface area contributed by atoms with Crippen molar-refractivity contribution in [1.82, 2.24) is 60.5 Å². The Bertz CT molecular complexity index is 3650. The van der Waals surface area contributed by atoms with E-state index in [2.05, 4.69) is 93.5 Å². The number of nitrogens with zero attached hydrogens (tertiary/aromatic N) is 7. The van der Waals surface area contributed by atoms with Crippen LogP contribution in [0.2, 0.25) is 5.28 Å². The summed E-state index contributed by atoms with van der Waals surface area (Å²) >= 11 is 5.63. The molecule has 2 fully saturated rings. The van der Waals surface area contributed by atoms with Crippen LogP contribution in [-0.4, -0.2) is 180 Å². The van der Waals surface area contributed by atoms with E-state index in [1.165, 1.54) is 39.7 Å². The lowest BCUT2D eigenvalue weighted by Crippen LogP contribution is -2.36. The molecule has 33 nitrogen and oxygen atoms in total. The fourth-order valence-electron chi connectivity index (χ4n) is 6.68. The molecule has 4 atom stereocenters. The van der Waals surface area contributed by atoms with Crippen molar-refractivity contribution in [3.63, 3.8) is 0 Å². The largest absolute Gasteiger partial charge is 0.354 e. The minimum absolute atomic E-state index is 0.0105. The van der Waals surface area contributed by atoms with Gasteiger partial charge in [0.05, 0.1) is 12.5 Å². The summed E-state index contributed by atoms with van der Waals surface area (Å²) in [6.45, 7) is 68.3. The molecule has 0 radical (unpaired) electrons. The van der Waals surface area contributed by atoms with E-state index in [1.807, 2.05) is 161 Å². The SMILES string of the molecule is C#CC(=O)NC(C)C.C=CC(=O)N=C(C)C.C=CC(=O)NC(C)C.C=CP(=O)(O)NC(C)C.C=CS(=O)(=O)NC(C)C.C=CS(=O)NC(C)C.CC(C)C(=O)N1OC1c1ccccc1.CC(C)C(=O)ON1C(=O)CCC1=O.CC(C)N1C(=O)C=CC1=O.CCC(=O)NC(C)C.CCOP(C)(=O)C(C)C.Cc1nc(Cl)nc(NC(C)C)n1. The first-order valence-corrected chi connectivity index (χ1v) is 44.1. The zero-order valence-electron chi connectivity index (χ0n) is 73.3. The molecule has 0 bridgehead atoms. The number of halogens is 1. The van der Waals surface area contributed by atoms with E-state index < -0.39 is 53.7 Å². The molecule has 9 amide bonds. The van der Waals surface area contributed by atoms with Gasteiger partial charge in [-0.1, -0.05) is 112 Å². The van der Waals surface area contributed by atoms with Crippen molar-refractivity contribution in [3.8, 4) is 12.3 Å². The number of carbonyl (C=O) groups excluding carboxylic acids is 10. The van der Waals surface area contributed by atoms with Crippen LogP contribution in [0.1, 0.15) is 217 Å². The molecule has 38 heteroatoms. The summed E-state index contributed by atoms with van der Waals surface area (Å²) in [7, 11) is -9.73. The summed E-state index contributed by atoms with van der Waals surface area (Å²) in [6, 6.07) is 10.8. The third-order valence-electron chi connectivity index (χ3n) is 11.9. The third kappa shape index (κ3) is 71.0. The number of aliphatic imine (C=N–C) groups is 1. The number of aromatic nitrogens is 3. The molecule has 2 saturated heterocycles. The maximum absolute atomic E-state index is 11.5. The molecule has 1 aromatic carbocycles. The number of anilines is 1. The Labute approximate surface area is 698 Å². The molecule has 2 aromatic rings. The Morgan fingerprint density at radius 3 is 1.47 bits per heavy atom. The van der Waals surface area contributed by atoms with E-state index in [0.717, 1.165) is 22.5 Å². The van der Waals surface area contributed by atoms with Crippen LogP contribution in [0.15, 0.2) is 109 Å². The predicted octanol–water partition coefficient (Wildman–Crippen LogP) is 12.2. The van der Waals surface area contributed by atoms with Gasteiger partial charge in [-0.3, -0.25) is 57.2 Å². The molecule has 4 unspecified atom stereocenters. The standard InChI is InChI=1S/C11H13NO2.C8H11NO4.C7H11ClN4.C7H9NO2.C6H13NO.C6H11NO.2C6H9NO.C6H15O2P.C5H12NO2P.C5H11NO2S.C5H11NOS/c1-8(2)10(13)12-11(14-12)9-6-4-3-5-7-9;1-5(2)8(12)13-9-6(10)3-4-7(9)11;1-4(2)9-7-11-5(3)10-6(8)12-7;1-5(2)8-6(9)3-4-7(8)10;4*1-4-6(8)7-5(2)3;1-5-8-9(4,7)6(2)3;2*1-4-9(7,8)6-5(2)3;1-4-8(7)6-5(2)3/h3-8,11H,1-2H3;5H,3-4H2,1-2H3;4H,1-3H3,(H,9,10,11,12);3-5H,1-2H3;5H,4H2,1-3H3,(H,7,8);4-5H,1H2,2-3H3,(H,7,8);4H,1H2,2-3H3;1,5H,2-3H3,(H,7,8);6H,5H2,1-4H3;4-5H,1H2,2-3H3,(H2,6,7,8);4-6H,1H2,2-3H3;4-6H,1H2,2-3H3. The highest BCUT2D eigenvalue weighted by Gasteiger charge is 2.43. The number of imide groups is 2. The van der Waals surface area contributed by atoms with E-state index in [9.17, 15) is 69.7 Å². The summed E-state index contributed by atoms with van der Waals surface area (Å²) in [5, 5.41) is 17.9. The quantitative estimate of drug-likeness (QED) is 0.0114. The van der Waals surface area contributed by atoms with Crippen molar-refractivity contribution < 1.29 is 88.8 Å². The van der Waals surface area contributed by atoms with Gasteiger partial charge in [-0.05, 0) is 168 Å². The highest BCUT2D eigenvalue weighted by molar-refractivity contribution is 7.92. The van der Waals surface area contributed by atoms with Crippen LogP contribution in [0.3, 0.4) is 0 Å². The van der Waals surface area contributed by atoms with E-state index in [1.54, 1.807) is 69.0 Å². The van der Waals surface area contributed by atoms with Crippen molar-refractivity contribution in [2.75, 3.05) is 18.6 Å². The number of carbonyl (C=O) groups is 10. The van der Waals surface area contributed by atoms with Crippen molar-refractivity contribution in [2.45, 2.75) is 266 Å². The molecule has 0 spiro atoms. The zero-order valence-corrected chi connectivity index (χ0v) is 77.5. The van der Waals surface area contributed by atoms with Crippen molar-refractivity contribution in [1.29, 1.82) is 0 Å². The van der Waals surface area contributed by atoms with Gasteiger partial charge in [-0.15, -0.1) is 11.5 Å². The highest BCUT2D eigenvalue weighted by Crippen LogP contribution is 2.47. The second-order valence-electron chi connectivity index (χ2n) is 27.6. The van der Waals surface area contributed by atoms with Crippen LogP contribution in [0.5, 0.6) is 0 Å². The topological polar surface area (TPSA) is 452 Å². The monoisotopic (exact) mass is 1730 g/mol. The molecule has 0 aliphatic carbocycles. The fraction of sp³-hybridized carbons (Fsp3) is 0.564. The maximum Gasteiger partial charge on any atom is 0.335 e. The number of sulfonamides is 1. The van der Waals surface area contributed by atoms with Crippen LogP contribution < -0.4 is 35.8 Å². The van der Waals surface area contributed by atoms with Crippen LogP contribution in [0.4, 0.5) is 5.95 Å². The summed E-state index contributed by atoms with van der Waals surface area (Å²) in [5.41, 5.74) is 1.94. The number of rotatable bonds is 25. The molecule has 4 heterocycles. The van der Waals surface area contributed by atoms with Gasteiger partial charge in [0.2, 0.25) is 46.7 Å². The molecule has 0 saturated carbocycles. The molecule has 1 aromatic heterocycles. The molecular weight excluding hydrogens is 1600 g/mol. The molecule has 3 aliphatic heterocycles. The lowest BCUT2D eigenvalue weighted by Gasteiger charge is -2.17. The van der Waals surface area contributed by atoms with Gasteiger partial charge < -0.3 is 35.5 Å². The number of benzene rings is 1. The van der Waals surface area contributed by atoms with Crippen molar-refractivity contribution >= 4 is 118 Å². The van der Waals surface area contributed by atoms with Gasteiger partial charge in [0.1, 0.15) is 16.8 Å². The number of nitrogens with one attached hydrogen (secondary N) is 7. The van der Waals surface area contributed by atoms with Crippen LogP contribution in [0, 0.1) is 31.1 Å². The predicted molar refractivity (Wildman–Crippen MR) is 464 cm³/mol. The first-order chi connectivity index (χ1) is 53.2. The summed E-state index contributed by atoms with van der Waals surface area (Å²) in [4.78, 5) is 143. The number of aryl methyl sites for hydroxylation is 1. The van der Waals surface area contributed by atoms with Gasteiger partial charge in [0, 0.05) is 126 Å². The van der Waals surface area contributed by atoms with Crippen molar-refractivity contribution in [2.24, 2.45) is 16.8 Å². The Hall–Kier alpha value is -8.39. The number of amides is 9. The summed E-state index contributed by atoms with van der Waals surface area (Å²) in [6.07, 6.45) is 10.5. The molecular formula is C78H135ClN14O19P2S2. The molecule has 660 valence electrons. The molecule has 5 rings (SSSR count). The summed E-state index contributed by atoms with van der Waals surface area (Å²) in [5.74, 6) is 1.34. The minimum atomic E-state index is -3.22. The normalized spacial score (nSPS) is 13.9. The number of hydrogen-bond acceptors (Lipinski definition) is 22. The Morgan fingerprint density at radius 2 is 1.22 bits per heavy atom. The minimum Gasteiger partial charge on any atom is -0.354 e. The summed E-state index contributed by atoms with van der Waals surface area (Å²) < 4.78 is 63.8.